The minimum absolute atomic E-state index is 0.0305. The molecule has 0 spiro atoms. The van der Waals surface area contributed by atoms with Crippen LogP contribution < -0.4 is 5.73 Å². The van der Waals surface area contributed by atoms with Gasteiger partial charge in [0.1, 0.15) is 0 Å². The van der Waals surface area contributed by atoms with Gasteiger partial charge >= 0.3 is 6.18 Å². The van der Waals surface area contributed by atoms with Crippen LogP contribution in [0.4, 0.5) is 18.9 Å². The number of pyridine rings is 1. The minimum atomic E-state index is -4.18. The molecule has 0 atom stereocenters. The van der Waals surface area contributed by atoms with Crippen LogP contribution in [-0.4, -0.2) is 28.6 Å². The van der Waals surface area contributed by atoms with E-state index in [1.165, 1.54) is 4.90 Å². The molecule has 3 nitrogen and oxygen atoms in total. The molecule has 0 unspecified atom stereocenters. The third-order valence-corrected chi connectivity index (χ3v) is 3.71. The largest absolute Gasteiger partial charge is 0.401 e. The molecule has 3 rings (SSSR count). The summed E-state index contributed by atoms with van der Waals surface area (Å²) in [5, 5.41) is 0.790. The molecule has 0 bridgehead atoms. The quantitative estimate of drug-likeness (QED) is 0.880. The lowest BCUT2D eigenvalue weighted by molar-refractivity contribution is -0.148. The average Bonchev–Trinajstić information content (AvgIpc) is 3.24. The van der Waals surface area contributed by atoms with E-state index < -0.39 is 12.7 Å². The predicted molar refractivity (Wildman–Crippen MR) is 75.6 cm³/mol. The van der Waals surface area contributed by atoms with Crippen LogP contribution in [0.1, 0.15) is 18.4 Å². The number of benzene rings is 1. The maximum Gasteiger partial charge on any atom is 0.401 e. The summed E-state index contributed by atoms with van der Waals surface area (Å²) in [7, 11) is 0. The molecular weight excluding hydrogens is 279 g/mol. The Hall–Kier alpha value is -1.82. The lowest BCUT2D eigenvalue weighted by Gasteiger charge is -2.24. The number of alkyl halides is 3. The Morgan fingerprint density at radius 1 is 1.24 bits per heavy atom. The van der Waals surface area contributed by atoms with Gasteiger partial charge in [0.15, 0.2) is 0 Å². The fourth-order valence-corrected chi connectivity index (χ4v) is 2.58. The van der Waals surface area contributed by atoms with E-state index in [4.69, 9.17) is 5.73 Å². The molecule has 6 heteroatoms. The zero-order chi connectivity index (χ0) is 15.0. The molecule has 0 radical (unpaired) electrons. The van der Waals surface area contributed by atoms with E-state index in [0.717, 1.165) is 23.8 Å². The van der Waals surface area contributed by atoms with Crippen molar-refractivity contribution in [2.75, 3.05) is 12.3 Å². The number of rotatable bonds is 4. The summed E-state index contributed by atoms with van der Waals surface area (Å²) in [4.78, 5) is 5.77. The first-order chi connectivity index (χ1) is 9.94. The third kappa shape index (κ3) is 3.26. The molecule has 1 aromatic carbocycles. The van der Waals surface area contributed by atoms with Crippen LogP contribution in [0.5, 0.6) is 0 Å². The van der Waals surface area contributed by atoms with E-state index in [1.807, 2.05) is 6.07 Å². The van der Waals surface area contributed by atoms with Crippen molar-refractivity contribution in [2.24, 2.45) is 0 Å². The Labute approximate surface area is 120 Å². The highest BCUT2D eigenvalue weighted by atomic mass is 19.4. The number of aromatic nitrogens is 1. The van der Waals surface area contributed by atoms with Crippen LogP contribution in [0, 0.1) is 0 Å². The van der Waals surface area contributed by atoms with Crippen molar-refractivity contribution in [3.63, 3.8) is 0 Å². The number of anilines is 1. The topological polar surface area (TPSA) is 42.1 Å². The summed E-state index contributed by atoms with van der Waals surface area (Å²) < 4.78 is 38.1. The third-order valence-electron chi connectivity index (χ3n) is 3.71. The van der Waals surface area contributed by atoms with Crippen molar-refractivity contribution in [2.45, 2.75) is 31.6 Å². The zero-order valence-corrected chi connectivity index (χ0v) is 11.4. The van der Waals surface area contributed by atoms with Crippen LogP contribution >= 0.6 is 0 Å². The number of nitrogens with two attached hydrogens (primary N) is 1. The van der Waals surface area contributed by atoms with E-state index in [9.17, 15) is 13.2 Å². The summed E-state index contributed by atoms with van der Waals surface area (Å²) in [6.07, 6.45) is -0.886. The normalized spacial score (nSPS) is 15.8. The van der Waals surface area contributed by atoms with Gasteiger partial charge in [-0.1, -0.05) is 6.07 Å². The maximum absolute atomic E-state index is 12.7. The van der Waals surface area contributed by atoms with Crippen LogP contribution in [0.2, 0.25) is 0 Å². The average molecular weight is 295 g/mol. The molecule has 21 heavy (non-hydrogen) atoms. The zero-order valence-electron chi connectivity index (χ0n) is 11.4. The number of halogens is 3. The number of nitrogens with zero attached hydrogens (tertiary/aromatic N) is 2. The maximum atomic E-state index is 12.7. The van der Waals surface area contributed by atoms with Gasteiger partial charge in [-0.05, 0) is 36.6 Å². The van der Waals surface area contributed by atoms with Gasteiger partial charge in [-0.25, -0.2) is 0 Å². The van der Waals surface area contributed by atoms with Crippen LogP contribution in [0.25, 0.3) is 10.9 Å². The second-order valence-corrected chi connectivity index (χ2v) is 5.46. The predicted octanol–water partition coefficient (Wildman–Crippen LogP) is 3.34. The summed E-state index contributed by atoms with van der Waals surface area (Å²) in [5.41, 5.74) is 7.96. The smallest absolute Gasteiger partial charge is 0.398 e. The monoisotopic (exact) mass is 295 g/mol. The number of hydrogen-bond donors (Lipinski definition) is 1. The van der Waals surface area contributed by atoms with Crippen LogP contribution in [0.3, 0.4) is 0 Å². The van der Waals surface area contributed by atoms with E-state index in [-0.39, 0.29) is 12.6 Å². The molecule has 2 N–H and O–H groups in total. The van der Waals surface area contributed by atoms with E-state index in [2.05, 4.69) is 4.98 Å². The van der Waals surface area contributed by atoms with Gasteiger partial charge in [0.05, 0.1) is 12.1 Å². The first-order valence-corrected chi connectivity index (χ1v) is 6.87. The molecule has 1 aliphatic carbocycles. The van der Waals surface area contributed by atoms with Crippen molar-refractivity contribution in [1.82, 2.24) is 9.88 Å². The Bertz CT molecular complexity index is 650. The number of fused-ring (bicyclic) bond motifs is 1. The minimum Gasteiger partial charge on any atom is -0.398 e. The molecular formula is C15H16F3N3. The summed E-state index contributed by atoms with van der Waals surface area (Å²) >= 11 is 0. The van der Waals surface area contributed by atoms with Crippen molar-refractivity contribution in [3.05, 3.63) is 36.0 Å². The fourth-order valence-electron chi connectivity index (χ4n) is 2.58. The summed E-state index contributed by atoms with van der Waals surface area (Å²) in [6.45, 7) is -0.631. The molecule has 0 aliphatic heterocycles. The summed E-state index contributed by atoms with van der Waals surface area (Å²) in [6, 6.07) is 7.15. The molecule has 1 aromatic heterocycles. The Morgan fingerprint density at radius 3 is 2.67 bits per heavy atom. The van der Waals surface area contributed by atoms with Crippen molar-refractivity contribution in [3.8, 4) is 0 Å². The van der Waals surface area contributed by atoms with Gasteiger partial charge in [-0.15, -0.1) is 0 Å². The Kier molecular flexibility index (Phi) is 3.49. The molecule has 0 amide bonds. The highest BCUT2D eigenvalue weighted by molar-refractivity contribution is 5.92. The lowest BCUT2D eigenvalue weighted by atomic mass is 10.1. The van der Waals surface area contributed by atoms with Gasteiger partial charge in [-0.3, -0.25) is 9.88 Å². The Morgan fingerprint density at radius 2 is 2.00 bits per heavy atom. The van der Waals surface area contributed by atoms with Crippen molar-refractivity contribution in [1.29, 1.82) is 0 Å². The highest BCUT2D eigenvalue weighted by Crippen LogP contribution is 2.33. The molecule has 1 aliphatic rings. The Balaban J connectivity index is 1.91. The molecule has 2 aromatic rings. The first-order valence-electron chi connectivity index (χ1n) is 6.87. The van der Waals surface area contributed by atoms with Crippen LogP contribution in [-0.2, 0) is 6.54 Å². The van der Waals surface area contributed by atoms with Crippen molar-refractivity contribution < 1.29 is 13.2 Å². The molecule has 1 fully saturated rings. The number of nitrogen functional groups attached to an aromatic ring is 1. The van der Waals surface area contributed by atoms with Gasteiger partial charge < -0.3 is 5.73 Å². The van der Waals surface area contributed by atoms with Crippen LogP contribution in [0.15, 0.2) is 30.5 Å². The van der Waals surface area contributed by atoms with E-state index in [1.54, 1.807) is 24.4 Å². The van der Waals surface area contributed by atoms with Crippen molar-refractivity contribution >= 4 is 16.6 Å². The van der Waals surface area contributed by atoms with Gasteiger partial charge in [-0.2, -0.15) is 13.2 Å². The molecule has 0 saturated heterocycles. The molecule has 1 saturated carbocycles. The molecule has 1 heterocycles. The standard InChI is InChI=1S/C15H16F3N3/c16-15(17,18)9-21(11-4-5-11)8-10-3-6-13(19)12-2-1-7-20-14(10)12/h1-3,6-7,11H,4-5,8-9,19H2. The van der Waals surface area contributed by atoms with Gasteiger partial charge in [0.2, 0.25) is 0 Å². The van der Waals surface area contributed by atoms with E-state index >= 15 is 0 Å². The highest BCUT2D eigenvalue weighted by Gasteiger charge is 2.38. The SMILES string of the molecule is Nc1ccc(CN(CC(F)(F)F)C2CC2)c2ncccc12. The number of hydrogen-bond acceptors (Lipinski definition) is 3. The van der Waals surface area contributed by atoms with E-state index in [0.29, 0.717) is 11.2 Å². The summed E-state index contributed by atoms with van der Waals surface area (Å²) in [5.74, 6) is 0. The first kappa shape index (κ1) is 14.1. The fraction of sp³-hybridized carbons (Fsp3) is 0.400. The van der Waals surface area contributed by atoms with Gasteiger partial charge in [0, 0.05) is 29.9 Å². The lowest BCUT2D eigenvalue weighted by Crippen LogP contribution is -2.35. The van der Waals surface area contributed by atoms with Gasteiger partial charge in [0.25, 0.3) is 0 Å². The second-order valence-electron chi connectivity index (χ2n) is 5.46. The molecule has 112 valence electrons. The second kappa shape index (κ2) is 5.18.